The molecule has 2 aliphatic rings. The van der Waals surface area contributed by atoms with Crippen LogP contribution in [0.4, 0.5) is 35.3 Å². The highest BCUT2D eigenvalue weighted by Gasteiger charge is 2.34. The zero-order valence-electron chi connectivity index (χ0n) is 25.6. The molecule has 3 N–H and O–H groups in total. The van der Waals surface area contributed by atoms with Crippen LogP contribution in [-0.4, -0.2) is 69.9 Å². The van der Waals surface area contributed by atoms with Crippen LogP contribution < -0.4 is 16.0 Å². The van der Waals surface area contributed by atoms with Crippen molar-refractivity contribution in [2.75, 3.05) is 49.2 Å². The molecule has 0 bridgehead atoms. The average molecular weight is 621 g/mol. The van der Waals surface area contributed by atoms with Crippen molar-refractivity contribution < 1.29 is 18.0 Å². The van der Waals surface area contributed by atoms with Crippen molar-refractivity contribution in [3.8, 4) is 11.3 Å². The average Bonchev–Trinajstić information content (AvgIpc) is 3.38. The predicted molar refractivity (Wildman–Crippen MR) is 171 cm³/mol. The van der Waals surface area contributed by atoms with E-state index in [4.69, 9.17) is 0 Å². The molecule has 2 aromatic heterocycles. The van der Waals surface area contributed by atoms with Crippen LogP contribution in [-0.2, 0) is 19.8 Å². The van der Waals surface area contributed by atoms with Crippen molar-refractivity contribution in [1.82, 2.24) is 24.6 Å². The van der Waals surface area contributed by atoms with E-state index >= 15 is 0 Å². The Kier molecular flexibility index (Phi) is 8.95. The summed E-state index contributed by atoms with van der Waals surface area (Å²) >= 11 is 0. The van der Waals surface area contributed by atoms with E-state index in [1.807, 2.05) is 36.3 Å². The van der Waals surface area contributed by atoms with Crippen LogP contribution in [0.2, 0.25) is 0 Å². The number of halogens is 3. The maximum absolute atomic E-state index is 14.0. The Labute approximate surface area is 260 Å². The number of nitrogens with one attached hydrogen (secondary N) is 3. The zero-order chi connectivity index (χ0) is 31.6. The number of rotatable bonds is 7. The van der Waals surface area contributed by atoms with Crippen LogP contribution in [0.15, 0.2) is 54.7 Å². The number of aryl methyl sites for hydroxylation is 1. The lowest BCUT2D eigenvalue weighted by Crippen LogP contribution is -2.44. The molecular weight excluding hydrogens is 581 g/mol. The number of aromatic nitrogens is 3. The molecule has 3 heterocycles. The molecule has 0 atom stereocenters. The summed E-state index contributed by atoms with van der Waals surface area (Å²) in [5.41, 5.74) is 1.16. The molecule has 9 nitrogen and oxygen atoms in total. The van der Waals surface area contributed by atoms with Gasteiger partial charge in [0.1, 0.15) is 5.82 Å². The first kappa shape index (κ1) is 30.8. The summed E-state index contributed by atoms with van der Waals surface area (Å²) in [6.07, 6.45) is 3.46. The molecule has 4 aromatic rings. The number of benzene rings is 2. The molecule has 45 heavy (non-hydrogen) atoms. The molecule has 238 valence electrons. The number of carbonyl (C=O) groups is 1. The van der Waals surface area contributed by atoms with E-state index in [-0.39, 0.29) is 23.6 Å². The van der Waals surface area contributed by atoms with Crippen molar-refractivity contribution in [1.29, 1.82) is 0 Å². The third-order valence-corrected chi connectivity index (χ3v) is 8.76. The van der Waals surface area contributed by atoms with E-state index in [0.717, 1.165) is 47.0 Å². The molecule has 2 aromatic carbocycles. The van der Waals surface area contributed by atoms with Crippen LogP contribution >= 0.6 is 0 Å². The molecule has 1 aliphatic heterocycles. The monoisotopic (exact) mass is 620 g/mol. The highest BCUT2D eigenvalue weighted by molar-refractivity contribution is 5.99. The highest BCUT2D eigenvalue weighted by Crippen LogP contribution is 2.35. The number of pyridine rings is 1. The van der Waals surface area contributed by atoms with Crippen LogP contribution in [0.1, 0.15) is 43.2 Å². The van der Waals surface area contributed by atoms with Gasteiger partial charge in [0.25, 0.3) is 0 Å². The lowest BCUT2D eigenvalue weighted by molar-refractivity contribution is -0.138. The number of anilines is 3. The molecule has 0 radical (unpaired) electrons. The van der Waals surface area contributed by atoms with E-state index in [0.29, 0.717) is 19.1 Å². The SMILES string of the molecule is CN1CCN(Cc2ccc(NC(=O)Nc3cc(-c4ccc5cc(NC6CCCCC6)ncc5c4)n(C)n3)cc2C(F)(F)F)CC1. The van der Waals surface area contributed by atoms with Gasteiger partial charge in [0, 0.05) is 74.7 Å². The molecular formula is C33H39F3N8O. The lowest BCUT2D eigenvalue weighted by atomic mass is 9.95. The molecule has 12 heteroatoms. The van der Waals surface area contributed by atoms with E-state index in [2.05, 4.69) is 37.0 Å². The Morgan fingerprint density at radius 2 is 1.67 bits per heavy atom. The van der Waals surface area contributed by atoms with Gasteiger partial charge in [-0.15, -0.1) is 0 Å². The number of nitrogens with zero attached hydrogens (tertiary/aromatic N) is 5. The normalized spacial score (nSPS) is 17.0. The quantitative estimate of drug-likeness (QED) is 0.211. The molecule has 0 spiro atoms. The summed E-state index contributed by atoms with van der Waals surface area (Å²) in [5.74, 6) is 1.16. The van der Waals surface area contributed by atoms with Gasteiger partial charge in [-0.3, -0.25) is 14.9 Å². The fourth-order valence-electron chi connectivity index (χ4n) is 6.22. The smallest absolute Gasteiger partial charge is 0.367 e. The summed E-state index contributed by atoms with van der Waals surface area (Å²) < 4.78 is 43.6. The van der Waals surface area contributed by atoms with Gasteiger partial charge < -0.3 is 15.5 Å². The van der Waals surface area contributed by atoms with Crippen molar-refractivity contribution in [3.63, 3.8) is 0 Å². The van der Waals surface area contributed by atoms with E-state index in [1.54, 1.807) is 17.8 Å². The van der Waals surface area contributed by atoms with Gasteiger partial charge in [0.05, 0.1) is 11.3 Å². The first-order valence-corrected chi connectivity index (χ1v) is 15.5. The number of carbonyl (C=O) groups excluding carboxylic acids is 1. The van der Waals surface area contributed by atoms with Crippen molar-refractivity contribution >= 4 is 34.1 Å². The Morgan fingerprint density at radius 3 is 2.42 bits per heavy atom. The lowest BCUT2D eigenvalue weighted by Gasteiger charge is -2.33. The Hall–Kier alpha value is -4.16. The Bertz CT molecular complexity index is 1660. The maximum Gasteiger partial charge on any atom is 0.416 e. The number of urea groups is 1. The van der Waals surface area contributed by atoms with Crippen molar-refractivity contribution in [3.05, 3.63) is 65.9 Å². The molecule has 1 aliphatic carbocycles. The van der Waals surface area contributed by atoms with E-state index in [1.165, 1.54) is 44.2 Å². The summed E-state index contributed by atoms with van der Waals surface area (Å²) in [6, 6.07) is 13.6. The highest BCUT2D eigenvalue weighted by atomic mass is 19.4. The Morgan fingerprint density at radius 1 is 0.889 bits per heavy atom. The minimum Gasteiger partial charge on any atom is -0.367 e. The molecule has 2 fully saturated rings. The fraction of sp³-hybridized carbons (Fsp3) is 0.424. The molecule has 1 saturated heterocycles. The molecule has 2 amide bonds. The summed E-state index contributed by atoms with van der Waals surface area (Å²) in [5, 5.41) is 15.2. The number of alkyl halides is 3. The minimum atomic E-state index is -4.55. The zero-order valence-corrected chi connectivity index (χ0v) is 25.6. The van der Waals surface area contributed by atoms with Gasteiger partial charge in [0.15, 0.2) is 5.82 Å². The van der Waals surface area contributed by atoms with Gasteiger partial charge in [0.2, 0.25) is 0 Å². The third kappa shape index (κ3) is 7.56. The summed E-state index contributed by atoms with van der Waals surface area (Å²) in [7, 11) is 3.77. The van der Waals surface area contributed by atoms with E-state index in [9.17, 15) is 18.0 Å². The van der Waals surface area contributed by atoms with Gasteiger partial charge in [-0.05, 0) is 55.1 Å². The van der Waals surface area contributed by atoms with Gasteiger partial charge in [-0.25, -0.2) is 9.78 Å². The summed E-state index contributed by atoms with van der Waals surface area (Å²) in [4.78, 5) is 21.6. The number of hydrogen-bond acceptors (Lipinski definition) is 6. The van der Waals surface area contributed by atoms with Crippen molar-refractivity contribution in [2.24, 2.45) is 7.05 Å². The molecule has 0 unspecified atom stereocenters. The minimum absolute atomic E-state index is 0.0532. The second-order valence-corrected chi connectivity index (χ2v) is 12.2. The van der Waals surface area contributed by atoms with Gasteiger partial charge in [-0.2, -0.15) is 18.3 Å². The van der Waals surface area contributed by atoms with Crippen molar-refractivity contribution in [2.45, 2.75) is 50.9 Å². The Balaban J connectivity index is 1.12. The topological polar surface area (TPSA) is 90.4 Å². The number of piperazine rings is 1. The van der Waals surface area contributed by atoms with Crippen LogP contribution in [0, 0.1) is 0 Å². The van der Waals surface area contributed by atoms with Gasteiger partial charge in [-0.1, -0.05) is 37.5 Å². The predicted octanol–water partition coefficient (Wildman–Crippen LogP) is 6.79. The van der Waals surface area contributed by atoms with E-state index < -0.39 is 17.8 Å². The first-order valence-electron chi connectivity index (χ1n) is 15.5. The second-order valence-electron chi connectivity index (χ2n) is 12.2. The molecule has 1 saturated carbocycles. The molecule has 6 rings (SSSR count). The fourth-order valence-corrected chi connectivity index (χ4v) is 6.22. The number of amides is 2. The summed E-state index contributed by atoms with van der Waals surface area (Å²) in [6.45, 7) is 3.24. The maximum atomic E-state index is 14.0. The third-order valence-electron chi connectivity index (χ3n) is 8.76. The van der Waals surface area contributed by atoms with Crippen LogP contribution in [0.5, 0.6) is 0 Å². The van der Waals surface area contributed by atoms with Crippen LogP contribution in [0.3, 0.4) is 0 Å². The second kappa shape index (κ2) is 13.1. The van der Waals surface area contributed by atoms with Gasteiger partial charge >= 0.3 is 12.2 Å². The number of hydrogen-bond donors (Lipinski definition) is 3. The number of likely N-dealkylation sites (N-methyl/N-ethyl adjacent to an activating group) is 1. The van der Waals surface area contributed by atoms with Crippen LogP contribution in [0.25, 0.3) is 22.0 Å². The first-order chi connectivity index (χ1) is 21.6. The largest absolute Gasteiger partial charge is 0.416 e. The standard InChI is InChI=1S/C33H39F3N8O/c1-42-12-14-44(15-13-42)21-24-10-11-27(18-28(24)33(34,35)36)39-32(45)40-31-19-29(43(2)41-31)23-9-8-22-17-30(37-20-25(22)16-23)38-26-6-4-3-5-7-26/h8-11,16-20,26H,3-7,12-15,21H2,1-2H3,(H,37,38)(H2,39,40,41,45). The number of fused-ring (bicyclic) bond motifs is 1.